The van der Waals surface area contributed by atoms with E-state index in [2.05, 4.69) is 10.2 Å². The highest BCUT2D eigenvalue weighted by molar-refractivity contribution is 5.87. The lowest BCUT2D eigenvalue weighted by molar-refractivity contribution is -0.140. The first kappa shape index (κ1) is 21.2. The Morgan fingerprint density at radius 1 is 1.26 bits per heavy atom. The first-order chi connectivity index (χ1) is 13.0. The van der Waals surface area contributed by atoms with E-state index < -0.39 is 6.04 Å². The summed E-state index contributed by atoms with van der Waals surface area (Å²) in [7, 11) is 1.62. The highest BCUT2D eigenvalue weighted by atomic mass is 16.5. The normalized spacial score (nSPS) is 15.8. The van der Waals surface area contributed by atoms with Crippen molar-refractivity contribution in [2.75, 3.05) is 46.5 Å². The summed E-state index contributed by atoms with van der Waals surface area (Å²) in [6, 6.07) is 7.02. The molecule has 0 spiro atoms. The molecule has 1 aliphatic heterocycles. The fourth-order valence-electron chi connectivity index (χ4n) is 3.02. The molecule has 0 bridgehead atoms. The molecular formula is C20H31N3O4. The van der Waals surface area contributed by atoms with E-state index in [4.69, 9.17) is 9.47 Å². The average Bonchev–Trinajstić information content (AvgIpc) is 2.72. The third-order valence-electron chi connectivity index (χ3n) is 4.81. The molecule has 27 heavy (non-hydrogen) atoms. The first-order valence-corrected chi connectivity index (χ1v) is 9.55. The number of methoxy groups -OCH3 is 1. The zero-order valence-corrected chi connectivity index (χ0v) is 16.6. The van der Waals surface area contributed by atoms with Gasteiger partial charge in [0.2, 0.25) is 11.8 Å². The summed E-state index contributed by atoms with van der Waals surface area (Å²) in [6.07, 6.45) is 0.363. The van der Waals surface area contributed by atoms with Gasteiger partial charge in [-0.3, -0.25) is 14.5 Å². The standard InChI is InChI=1S/C20H31N3O4/c1-4-19(24)23(15-17-5-7-18(26-3)8-6-17)16(2)20(25)21-9-10-22-11-13-27-14-12-22/h5-8,16H,4,9-15H2,1-3H3,(H,21,25)/t16-/m0/s1. The van der Waals surface area contributed by atoms with Gasteiger partial charge in [0.15, 0.2) is 0 Å². The number of benzene rings is 1. The second-order valence-corrected chi connectivity index (χ2v) is 6.64. The van der Waals surface area contributed by atoms with Crippen molar-refractivity contribution in [1.29, 1.82) is 0 Å². The van der Waals surface area contributed by atoms with Crippen LogP contribution in [0.15, 0.2) is 24.3 Å². The Hall–Kier alpha value is -2.12. The molecule has 1 aromatic carbocycles. The van der Waals surface area contributed by atoms with Crippen LogP contribution in [0.5, 0.6) is 5.75 Å². The molecule has 7 nitrogen and oxygen atoms in total. The monoisotopic (exact) mass is 377 g/mol. The van der Waals surface area contributed by atoms with Gasteiger partial charge in [0, 0.05) is 39.1 Å². The molecule has 1 atom stereocenters. The van der Waals surface area contributed by atoms with Crippen molar-refractivity contribution >= 4 is 11.8 Å². The number of hydrogen-bond donors (Lipinski definition) is 1. The Kier molecular flexibility index (Phi) is 8.54. The van der Waals surface area contributed by atoms with Crippen LogP contribution in [-0.4, -0.2) is 74.2 Å². The smallest absolute Gasteiger partial charge is 0.242 e. The summed E-state index contributed by atoms with van der Waals surface area (Å²) in [4.78, 5) is 28.9. The molecule has 150 valence electrons. The van der Waals surface area contributed by atoms with Gasteiger partial charge in [-0.1, -0.05) is 19.1 Å². The predicted molar refractivity (Wildman–Crippen MR) is 104 cm³/mol. The molecule has 0 radical (unpaired) electrons. The second-order valence-electron chi connectivity index (χ2n) is 6.64. The van der Waals surface area contributed by atoms with Crippen LogP contribution in [0.4, 0.5) is 0 Å². The molecule has 1 heterocycles. The van der Waals surface area contributed by atoms with Gasteiger partial charge in [0.05, 0.1) is 20.3 Å². The van der Waals surface area contributed by atoms with Crippen LogP contribution in [-0.2, 0) is 20.9 Å². The van der Waals surface area contributed by atoms with Crippen LogP contribution < -0.4 is 10.1 Å². The molecular weight excluding hydrogens is 346 g/mol. The van der Waals surface area contributed by atoms with E-state index in [0.29, 0.717) is 19.5 Å². The van der Waals surface area contributed by atoms with Crippen molar-refractivity contribution in [1.82, 2.24) is 15.1 Å². The number of morpholine rings is 1. The molecule has 1 aromatic rings. The quantitative estimate of drug-likeness (QED) is 0.702. The van der Waals surface area contributed by atoms with E-state index in [-0.39, 0.29) is 11.8 Å². The van der Waals surface area contributed by atoms with Crippen molar-refractivity contribution in [2.24, 2.45) is 0 Å². The van der Waals surface area contributed by atoms with Crippen LogP contribution in [0.3, 0.4) is 0 Å². The van der Waals surface area contributed by atoms with Crippen molar-refractivity contribution in [2.45, 2.75) is 32.9 Å². The molecule has 1 fully saturated rings. The SMILES string of the molecule is CCC(=O)N(Cc1ccc(OC)cc1)[C@@H](C)C(=O)NCCN1CCOCC1. The molecule has 2 rings (SSSR count). The number of rotatable bonds is 9. The summed E-state index contributed by atoms with van der Waals surface area (Å²) < 4.78 is 10.5. The van der Waals surface area contributed by atoms with E-state index in [9.17, 15) is 9.59 Å². The highest BCUT2D eigenvalue weighted by Gasteiger charge is 2.25. The molecule has 0 aliphatic carbocycles. The van der Waals surface area contributed by atoms with Crippen LogP contribution in [0.2, 0.25) is 0 Å². The number of carbonyl (C=O) groups is 2. The average molecular weight is 377 g/mol. The molecule has 1 aliphatic rings. The van der Waals surface area contributed by atoms with Gasteiger partial charge in [-0.25, -0.2) is 0 Å². The summed E-state index contributed by atoms with van der Waals surface area (Å²) in [6.45, 7) is 8.62. The topological polar surface area (TPSA) is 71.1 Å². The van der Waals surface area contributed by atoms with Crippen molar-refractivity contribution in [3.63, 3.8) is 0 Å². The summed E-state index contributed by atoms with van der Waals surface area (Å²) in [5, 5.41) is 2.96. The highest BCUT2D eigenvalue weighted by Crippen LogP contribution is 2.15. The number of ether oxygens (including phenoxy) is 2. The van der Waals surface area contributed by atoms with Gasteiger partial charge < -0.3 is 19.7 Å². The molecule has 2 amide bonds. The minimum absolute atomic E-state index is 0.0401. The third kappa shape index (κ3) is 6.52. The summed E-state index contributed by atoms with van der Waals surface area (Å²) in [5.74, 6) is 0.598. The summed E-state index contributed by atoms with van der Waals surface area (Å²) >= 11 is 0. The lowest BCUT2D eigenvalue weighted by atomic mass is 10.1. The van der Waals surface area contributed by atoms with Crippen LogP contribution >= 0.6 is 0 Å². The lowest BCUT2D eigenvalue weighted by Gasteiger charge is -2.29. The Labute approximate surface area is 161 Å². The van der Waals surface area contributed by atoms with Crippen molar-refractivity contribution < 1.29 is 19.1 Å². The third-order valence-corrected chi connectivity index (χ3v) is 4.81. The Morgan fingerprint density at radius 3 is 2.52 bits per heavy atom. The number of nitrogens with zero attached hydrogens (tertiary/aromatic N) is 2. The fourth-order valence-corrected chi connectivity index (χ4v) is 3.02. The van der Waals surface area contributed by atoms with Crippen molar-refractivity contribution in [3.8, 4) is 5.75 Å². The Morgan fingerprint density at radius 2 is 1.93 bits per heavy atom. The molecule has 0 unspecified atom stereocenters. The number of carbonyl (C=O) groups excluding carboxylic acids is 2. The van der Waals surface area contributed by atoms with E-state index in [0.717, 1.165) is 44.2 Å². The zero-order valence-electron chi connectivity index (χ0n) is 16.6. The molecule has 0 saturated carbocycles. The van der Waals surface area contributed by atoms with E-state index in [1.54, 1.807) is 18.9 Å². The molecule has 1 N–H and O–H groups in total. The number of nitrogens with one attached hydrogen (secondary N) is 1. The van der Waals surface area contributed by atoms with E-state index >= 15 is 0 Å². The maximum absolute atomic E-state index is 12.6. The predicted octanol–water partition coefficient (Wildman–Crippen LogP) is 1.27. The first-order valence-electron chi connectivity index (χ1n) is 9.55. The molecule has 1 saturated heterocycles. The van der Waals surface area contributed by atoms with Crippen LogP contribution in [0.1, 0.15) is 25.8 Å². The maximum atomic E-state index is 12.6. The maximum Gasteiger partial charge on any atom is 0.242 e. The van der Waals surface area contributed by atoms with E-state index in [1.165, 1.54) is 0 Å². The Bertz CT molecular complexity index is 600. The number of amides is 2. The Balaban J connectivity index is 1.90. The van der Waals surface area contributed by atoms with Gasteiger partial charge in [-0.2, -0.15) is 0 Å². The zero-order chi connectivity index (χ0) is 19.6. The van der Waals surface area contributed by atoms with Gasteiger partial charge in [0.1, 0.15) is 11.8 Å². The summed E-state index contributed by atoms with van der Waals surface area (Å²) in [5.41, 5.74) is 0.963. The van der Waals surface area contributed by atoms with Gasteiger partial charge in [0.25, 0.3) is 0 Å². The van der Waals surface area contributed by atoms with Crippen LogP contribution in [0.25, 0.3) is 0 Å². The molecule has 0 aromatic heterocycles. The largest absolute Gasteiger partial charge is 0.497 e. The second kappa shape index (κ2) is 10.9. The number of hydrogen-bond acceptors (Lipinski definition) is 5. The van der Waals surface area contributed by atoms with E-state index in [1.807, 2.05) is 31.2 Å². The van der Waals surface area contributed by atoms with Crippen LogP contribution in [0, 0.1) is 0 Å². The van der Waals surface area contributed by atoms with Gasteiger partial charge in [-0.05, 0) is 24.6 Å². The minimum atomic E-state index is -0.524. The lowest BCUT2D eigenvalue weighted by Crippen LogP contribution is -2.49. The van der Waals surface area contributed by atoms with Gasteiger partial charge >= 0.3 is 0 Å². The minimum Gasteiger partial charge on any atom is -0.497 e. The fraction of sp³-hybridized carbons (Fsp3) is 0.600. The van der Waals surface area contributed by atoms with Gasteiger partial charge in [-0.15, -0.1) is 0 Å². The molecule has 7 heteroatoms. The van der Waals surface area contributed by atoms with Crippen molar-refractivity contribution in [3.05, 3.63) is 29.8 Å².